The van der Waals surface area contributed by atoms with E-state index in [0.29, 0.717) is 0 Å². The molecular formula is C22H42O5. The minimum absolute atomic E-state index is 0.124. The van der Waals surface area contributed by atoms with E-state index in [-0.39, 0.29) is 6.61 Å². The van der Waals surface area contributed by atoms with Crippen molar-refractivity contribution in [2.45, 2.75) is 115 Å². The Balaban J connectivity index is 1.93. The highest BCUT2D eigenvalue weighted by atomic mass is 16.6. The van der Waals surface area contributed by atoms with E-state index in [0.717, 1.165) is 12.8 Å². The first-order valence-corrected chi connectivity index (χ1v) is 11.1. The number of aliphatic hydroxyl groups is 3. The Morgan fingerprint density at radius 1 is 0.963 bits per heavy atom. The molecule has 0 radical (unpaired) electrons. The molecule has 0 spiro atoms. The second kappa shape index (κ2) is 16.3. The Morgan fingerprint density at radius 3 is 2.07 bits per heavy atom. The van der Waals surface area contributed by atoms with Crippen LogP contribution >= 0.6 is 0 Å². The summed E-state index contributed by atoms with van der Waals surface area (Å²) in [5, 5.41) is 28.5. The van der Waals surface area contributed by atoms with Gasteiger partial charge >= 0.3 is 0 Å². The van der Waals surface area contributed by atoms with Crippen molar-refractivity contribution in [1.82, 2.24) is 0 Å². The van der Waals surface area contributed by atoms with E-state index in [1.165, 1.54) is 70.6 Å². The molecule has 160 valence electrons. The van der Waals surface area contributed by atoms with E-state index in [1.807, 2.05) is 6.08 Å². The van der Waals surface area contributed by atoms with Crippen LogP contribution < -0.4 is 0 Å². The van der Waals surface area contributed by atoms with Gasteiger partial charge in [-0.3, -0.25) is 0 Å². The van der Waals surface area contributed by atoms with Crippen LogP contribution in [0.4, 0.5) is 0 Å². The second-order valence-electron chi connectivity index (χ2n) is 7.77. The largest absolute Gasteiger partial charge is 0.493 e. The monoisotopic (exact) mass is 386 g/mol. The number of hydrogen-bond acceptors (Lipinski definition) is 5. The maximum absolute atomic E-state index is 9.84. The highest BCUT2D eigenvalue weighted by Gasteiger charge is 2.41. The zero-order valence-corrected chi connectivity index (χ0v) is 17.2. The van der Waals surface area contributed by atoms with Gasteiger partial charge in [-0.05, 0) is 18.9 Å². The van der Waals surface area contributed by atoms with Gasteiger partial charge in [0.1, 0.15) is 18.3 Å². The van der Waals surface area contributed by atoms with Crippen molar-refractivity contribution in [3.05, 3.63) is 12.3 Å². The minimum Gasteiger partial charge on any atom is -0.493 e. The molecule has 1 heterocycles. The molecule has 1 saturated heterocycles. The highest BCUT2D eigenvalue weighted by Crippen LogP contribution is 2.21. The van der Waals surface area contributed by atoms with Crippen molar-refractivity contribution < 1.29 is 24.8 Å². The molecule has 0 aromatic carbocycles. The molecule has 1 rings (SSSR count). The molecule has 0 unspecified atom stereocenters. The van der Waals surface area contributed by atoms with Crippen molar-refractivity contribution in [2.75, 3.05) is 13.2 Å². The van der Waals surface area contributed by atoms with Crippen molar-refractivity contribution in [2.24, 2.45) is 0 Å². The molecule has 0 aromatic heterocycles. The predicted molar refractivity (Wildman–Crippen MR) is 109 cm³/mol. The molecule has 3 N–H and O–H groups in total. The van der Waals surface area contributed by atoms with Gasteiger partial charge < -0.3 is 24.8 Å². The van der Waals surface area contributed by atoms with Gasteiger partial charge in [0, 0.05) is 0 Å². The predicted octanol–water partition coefficient (Wildman–Crippen LogP) is 4.09. The standard InChI is InChI=1S/C22H42O5/c1-2-3-4-5-6-7-8-9-10-11-12-13-14-15-16-26-22-20(25)18-27-21(22)19(24)17-23/h15-16,19-25H,2-14,17-18H2,1H3/b16-15+/t19-,20+,21-,22-/m1/s1. The lowest BCUT2D eigenvalue weighted by atomic mass is 10.0. The van der Waals surface area contributed by atoms with Crippen LogP contribution in [-0.2, 0) is 9.47 Å². The summed E-state index contributed by atoms with van der Waals surface area (Å²) in [7, 11) is 0. The fourth-order valence-electron chi connectivity index (χ4n) is 3.54. The summed E-state index contributed by atoms with van der Waals surface area (Å²) in [4.78, 5) is 0. The Bertz CT molecular complexity index is 361. The van der Waals surface area contributed by atoms with Gasteiger partial charge in [-0.2, -0.15) is 0 Å². The molecule has 1 aliphatic rings. The average Bonchev–Trinajstić information content (AvgIpc) is 3.04. The minimum atomic E-state index is -1.03. The molecule has 0 bridgehead atoms. The van der Waals surface area contributed by atoms with E-state index >= 15 is 0 Å². The first-order valence-electron chi connectivity index (χ1n) is 11.1. The van der Waals surface area contributed by atoms with Crippen LogP contribution in [0.25, 0.3) is 0 Å². The zero-order chi connectivity index (χ0) is 19.7. The number of unbranched alkanes of at least 4 members (excludes halogenated alkanes) is 12. The van der Waals surface area contributed by atoms with E-state index in [2.05, 4.69) is 6.92 Å². The molecule has 0 aromatic rings. The van der Waals surface area contributed by atoms with Gasteiger partial charge in [0.25, 0.3) is 0 Å². The second-order valence-corrected chi connectivity index (χ2v) is 7.77. The lowest BCUT2D eigenvalue weighted by molar-refractivity contribution is -0.0721. The smallest absolute Gasteiger partial charge is 0.154 e. The Morgan fingerprint density at radius 2 is 1.52 bits per heavy atom. The van der Waals surface area contributed by atoms with Crippen LogP contribution in [0.2, 0.25) is 0 Å². The van der Waals surface area contributed by atoms with Gasteiger partial charge in [-0.1, -0.05) is 77.6 Å². The Kier molecular flexibility index (Phi) is 14.8. The van der Waals surface area contributed by atoms with Crippen LogP contribution in [0.15, 0.2) is 12.3 Å². The van der Waals surface area contributed by atoms with Crippen molar-refractivity contribution in [3.63, 3.8) is 0 Å². The normalized spacial score (nSPS) is 23.9. The third-order valence-corrected chi connectivity index (χ3v) is 5.29. The van der Waals surface area contributed by atoms with Gasteiger partial charge in [0.2, 0.25) is 0 Å². The molecule has 0 amide bonds. The van der Waals surface area contributed by atoms with Crippen LogP contribution in [0.5, 0.6) is 0 Å². The summed E-state index contributed by atoms with van der Waals surface area (Å²) in [6.45, 7) is 1.98. The van der Waals surface area contributed by atoms with Crippen LogP contribution in [0.1, 0.15) is 90.4 Å². The summed E-state index contributed by atoms with van der Waals surface area (Å²) < 4.78 is 10.8. The van der Waals surface area contributed by atoms with E-state index in [1.54, 1.807) is 6.26 Å². The molecule has 0 aliphatic carbocycles. The van der Waals surface area contributed by atoms with Gasteiger partial charge in [-0.25, -0.2) is 0 Å². The summed E-state index contributed by atoms with van der Waals surface area (Å²) >= 11 is 0. The number of rotatable bonds is 17. The zero-order valence-electron chi connectivity index (χ0n) is 17.2. The van der Waals surface area contributed by atoms with Gasteiger partial charge in [-0.15, -0.1) is 0 Å². The van der Waals surface area contributed by atoms with Crippen molar-refractivity contribution in [1.29, 1.82) is 0 Å². The fraction of sp³-hybridized carbons (Fsp3) is 0.909. The summed E-state index contributed by atoms with van der Waals surface area (Å²) in [5.74, 6) is 0. The average molecular weight is 387 g/mol. The Hall–Kier alpha value is -0.620. The molecule has 0 saturated carbocycles. The molecule has 5 heteroatoms. The lowest BCUT2D eigenvalue weighted by Crippen LogP contribution is -2.41. The van der Waals surface area contributed by atoms with E-state index in [4.69, 9.17) is 14.6 Å². The van der Waals surface area contributed by atoms with Crippen molar-refractivity contribution in [3.8, 4) is 0 Å². The molecule has 27 heavy (non-hydrogen) atoms. The van der Waals surface area contributed by atoms with Crippen LogP contribution in [0.3, 0.4) is 0 Å². The fourth-order valence-corrected chi connectivity index (χ4v) is 3.54. The quantitative estimate of drug-likeness (QED) is 0.259. The van der Waals surface area contributed by atoms with E-state index < -0.39 is 31.0 Å². The summed E-state index contributed by atoms with van der Waals surface area (Å²) in [5.41, 5.74) is 0. The number of ether oxygens (including phenoxy) is 2. The van der Waals surface area contributed by atoms with E-state index in [9.17, 15) is 10.2 Å². The molecular weight excluding hydrogens is 344 g/mol. The van der Waals surface area contributed by atoms with Crippen LogP contribution in [0, 0.1) is 0 Å². The molecule has 1 fully saturated rings. The number of hydrogen-bond donors (Lipinski definition) is 3. The van der Waals surface area contributed by atoms with Crippen molar-refractivity contribution >= 4 is 0 Å². The first kappa shape index (κ1) is 24.4. The molecule has 1 aliphatic heterocycles. The third kappa shape index (κ3) is 11.1. The topological polar surface area (TPSA) is 79.2 Å². The maximum atomic E-state index is 9.84. The Labute approximate surface area is 165 Å². The maximum Gasteiger partial charge on any atom is 0.154 e. The molecule has 5 nitrogen and oxygen atoms in total. The highest BCUT2D eigenvalue weighted by molar-refractivity contribution is 4.91. The van der Waals surface area contributed by atoms with Crippen LogP contribution in [-0.4, -0.2) is 52.9 Å². The lowest BCUT2D eigenvalue weighted by Gasteiger charge is -2.22. The first-order chi connectivity index (χ1) is 13.2. The van der Waals surface area contributed by atoms with Gasteiger partial charge in [0.05, 0.1) is 19.5 Å². The van der Waals surface area contributed by atoms with Gasteiger partial charge in [0.15, 0.2) is 6.10 Å². The summed E-state index contributed by atoms with van der Waals surface area (Å²) in [6.07, 6.45) is 17.5. The third-order valence-electron chi connectivity index (χ3n) is 5.29. The molecule has 4 atom stereocenters. The number of allylic oxidation sites excluding steroid dienone is 1. The summed E-state index contributed by atoms with van der Waals surface area (Å²) in [6, 6.07) is 0. The SMILES string of the molecule is CCCCCCCCCCCCCC/C=C/O[C@H]1[C@@H]([C@H](O)CO)OC[C@@H]1O. The number of aliphatic hydroxyl groups excluding tert-OH is 3.